The Morgan fingerprint density at radius 3 is 2.50 bits per heavy atom. The first-order chi connectivity index (χ1) is 5.59. The highest BCUT2D eigenvalue weighted by Gasteiger charge is 2.31. The first-order valence-electron chi connectivity index (χ1n) is 4.37. The van der Waals surface area contributed by atoms with Gasteiger partial charge in [-0.05, 0) is 23.3 Å². The lowest BCUT2D eigenvalue weighted by Gasteiger charge is -2.16. The summed E-state index contributed by atoms with van der Waals surface area (Å²) in [4.78, 5) is 0. The molecule has 1 fully saturated rings. The molecular formula is C8H14N4. The van der Waals surface area contributed by atoms with Crippen LogP contribution in [0.25, 0.3) is 0 Å². The molecule has 0 N–H and O–H groups in total. The van der Waals surface area contributed by atoms with Crippen LogP contribution in [0.3, 0.4) is 0 Å². The van der Waals surface area contributed by atoms with Crippen molar-refractivity contribution >= 4 is 0 Å². The Kier molecular flexibility index (Phi) is 1.46. The number of aromatic nitrogens is 4. The van der Waals surface area contributed by atoms with Gasteiger partial charge in [0, 0.05) is 5.41 Å². The van der Waals surface area contributed by atoms with Gasteiger partial charge in [-0.15, -0.1) is 5.10 Å². The summed E-state index contributed by atoms with van der Waals surface area (Å²) < 4.78 is 1.97. The minimum absolute atomic E-state index is 0.0616. The third-order valence-electron chi connectivity index (χ3n) is 2.06. The molecule has 1 saturated carbocycles. The van der Waals surface area contributed by atoms with Crippen molar-refractivity contribution in [2.45, 2.75) is 45.1 Å². The van der Waals surface area contributed by atoms with Crippen LogP contribution in [0.5, 0.6) is 0 Å². The molecule has 1 aromatic rings. The van der Waals surface area contributed by atoms with E-state index in [0.29, 0.717) is 6.04 Å². The Bertz CT molecular complexity index is 279. The van der Waals surface area contributed by atoms with E-state index in [0.717, 1.165) is 5.82 Å². The minimum atomic E-state index is 0.0616. The fourth-order valence-corrected chi connectivity index (χ4v) is 1.25. The predicted molar refractivity (Wildman–Crippen MR) is 44.8 cm³/mol. The molecule has 12 heavy (non-hydrogen) atoms. The van der Waals surface area contributed by atoms with Crippen molar-refractivity contribution < 1.29 is 0 Å². The summed E-state index contributed by atoms with van der Waals surface area (Å²) in [6, 6.07) is 0.578. The normalized spacial score (nSPS) is 18.2. The number of rotatable bonds is 1. The maximum atomic E-state index is 4.05. The van der Waals surface area contributed by atoms with Crippen LogP contribution in [-0.4, -0.2) is 20.2 Å². The summed E-state index contributed by atoms with van der Waals surface area (Å²) in [6.45, 7) is 6.41. The lowest BCUT2D eigenvalue weighted by molar-refractivity contribution is 0.476. The van der Waals surface area contributed by atoms with Crippen molar-refractivity contribution in [1.82, 2.24) is 20.2 Å². The second kappa shape index (κ2) is 2.28. The highest BCUT2D eigenvalue weighted by atomic mass is 15.6. The van der Waals surface area contributed by atoms with Crippen molar-refractivity contribution in [3.63, 3.8) is 0 Å². The first-order valence-corrected chi connectivity index (χ1v) is 4.37. The van der Waals surface area contributed by atoms with Gasteiger partial charge >= 0.3 is 0 Å². The van der Waals surface area contributed by atoms with Gasteiger partial charge in [0.25, 0.3) is 0 Å². The van der Waals surface area contributed by atoms with Crippen LogP contribution in [-0.2, 0) is 5.41 Å². The Hall–Kier alpha value is -0.930. The zero-order chi connectivity index (χ0) is 8.77. The molecule has 0 saturated heterocycles. The number of nitrogens with zero attached hydrogens (tertiary/aromatic N) is 4. The molecule has 0 bridgehead atoms. The molecule has 2 rings (SSSR count). The molecule has 0 aliphatic heterocycles. The molecule has 1 heterocycles. The van der Waals surface area contributed by atoms with E-state index >= 15 is 0 Å². The van der Waals surface area contributed by atoms with Crippen LogP contribution in [0.2, 0.25) is 0 Å². The molecule has 0 spiro atoms. The van der Waals surface area contributed by atoms with Crippen LogP contribution in [0, 0.1) is 0 Å². The monoisotopic (exact) mass is 166 g/mol. The molecule has 0 amide bonds. The third-order valence-corrected chi connectivity index (χ3v) is 2.06. The van der Waals surface area contributed by atoms with Gasteiger partial charge in [-0.2, -0.15) is 0 Å². The second-order valence-electron chi connectivity index (χ2n) is 4.43. The van der Waals surface area contributed by atoms with Crippen molar-refractivity contribution in [3.05, 3.63) is 5.82 Å². The molecule has 0 atom stereocenters. The SMILES string of the molecule is CC(C)(C)c1nnnn1C1CC1. The number of hydrogen-bond acceptors (Lipinski definition) is 3. The Morgan fingerprint density at radius 1 is 1.33 bits per heavy atom. The van der Waals surface area contributed by atoms with Gasteiger partial charge in [-0.3, -0.25) is 0 Å². The van der Waals surface area contributed by atoms with Crippen molar-refractivity contribution in [3.8, 4) is 0 Å². The fourth-order valence-electron chi connectivity index (χ4n) is 1.25. The molecule has 1 aliphatic rings. The van der Waals surface area contributed by atoms with Gasteiger partial charge in [-0.25, -0.2) is 4.68 Å². The number of hydrogen-bond donors (Lipinski definition) is 0. The molecule has 1 aromatic heterocycles. The van der Waals surface area contributed by atoms with Gasteiger partial charge in [0.15, 0.2) is 5.82 Å². The zero-order valence-corrected chi connectivity index (χ0v) is 7.78. The summed E-state index contributed by atoms with van der Waals surface area (Å²) >= 11 is 0. The minimum Gasteiger partial charge on any atom is -0.226 e. The molecule has 0 radical (unpaired) electrons. The van der Waals surface area contributed by atoms with Crippen molar-refractivity contribution in [2.75, 3.05) is 0 Å². The number of tetrazole rings is 1. The highest BCUT2D eigenvalue weighted by molar-refractivity contribution is 5.02. The second-order valence-corrected chi connectivity index (χ2v) is 4.43. The average molecular weight is 166 g/mol. The lowest BCUT2D eigenvalue weighted by atomic mass is 9.96. The largest absolute Gasteiger partial charge is 0.226 e. The molecular weight excluding hydrogens is 152 g/mol. The Labute approximate surface area is 72.0 Å². The maximum absolute atomic E-state index is 4.05. The Balaban J connectivity index is 2.36. The quantitative estimate of drug-likeness (QED) is 0.631. The molecule has 0 unspecified atom stereocenters. The van der Waals surface area contributed by atoms with Gasteiger partial charge < -0.3 is 0 Å². The van der Waals surface area contributed by atoms with Crippen LogP contribution < -0.4 is 0 Å². The predicted octanol–water partition coefficient (Wildman–Crippen LogP) is 1.31. The summed E-state index contributed by atoms with van der Waals surface area (Å²) in [5.74, 6) is 1.00. The molecule has 66 valence electrons. The summed E-state index contributed by atoms with van der Waals surface area (Å²) in [5.41, 5.74) is 0.0616. The van der Waals surface area contributed by atoms with Gasteiger partial charge in [0.2, 0.25) is 0 Å². The van der Waals surface area contributed by atoms with Gasteiger partial charge in [-0.1, -0.05) is 20.8 Å². The van der Waals surface area contributed by atoms with Crippen molar-refractivity contribution in [1.29, 1.82) is 0 Å². The average Bonchev–Trinajstić information content (AvgIpc) is 2.65. The van der Waals surface area contributed by atoms with Crippen LogP contribution in [0.4, 0.5) is 0 Å². The van der Waals surface area contributed by atoms with E-state index in [2.05, 4.69) is 36.3 Å². The topological polar surface area (TPSA) is 43.6 Å². The summed E-state index contributed by atoms with van der Waals surface area (Å²) in [5, 5.41) is 11.8. The van der Waals surface area contributed by atoms with Crippen LogP contribution in [0.15, 0.2) is 0 Å². The van der Waals surface area contributed by atoms with E-state index in [4.69, 9.17) is 0 Å². The first kappa shape index (κ1) is 7.71. The van der Waals surface area contributed by atoms with E-state index in [1.165, 1.54) is 12.8 Å². The van der Waals surface area contributed by atoms with E-state index < -0.39 is 0 Å². The van der Waals surface area contributed by atoms with E-state index in [9.17, 15) is 0 Å². The third kappa shape index (κ3) is 1.21. The van der Waals surface area contributed by atoms with Gasteiger partial charge in [0.1, 0.15) is 0 Å². The summed E-state index contributed by atoms with van der Waals surface area (Å²) in [7, 11) is 0. The fraction of sp³-hybridized carbons (Fsp3) is 0.875. The summed E-state index contributed by atoms with van der Waals surface area (Å²) in [6.07, 6.45) is 2.46. The molecule has 4 heteroatoms. The smallest absolute Gasteiger partial charge is 0.156 e. The highest BCUT2D eigenvalue weighted by Crippen LogP contribution is 2.36. The van der Waals surface area contributed by atoms with Crippen LogP contribution in [0.1, 0.15) is 45.5 Å². The zero-order valence-electron chi connectivity index (χ0n) is 7.78. The lowest BCUT2D eigenvalue weighted by Crippen LogP contribution is -2.19. The maximum Gasteiger partial charge on any atom is 0.156 e. The molecule has 4 nitrogen and oxygen atoms in total. The molecule has 1 aliphatic carbocycles. The molecule has 0 aromatic carbocycles. The van der Waals surface area contributed by atoms with E-state index in [1.807, 2.05) is 4.68 Å². The Morgan fingerprint density at radius 2 is 2.00 bits per heavy atom. The van der Waals surface area contributed by atoms with Crippen LogP contribution >= 0.6 is 0 Å². The van der Waals surface area contributed by atoms with Gasteiger partial charge in [0.05, 0.1) is 6.04 Å². The van der Waals surface area contributed by atoms with E-state index in [-0.39, 0.29) is 5.41 Å². The van der Waals surface area contributed by atoms with Crippen molar-refractivity contribution in [2.24, 2.45) is 0 Å². The van der Waals surface area contributed by atoms with E-state index in [1.54, 1.807) is 0 Å². The standard InChI is InChI=1S/C8H14N4/c1-8(2,3)7-9-10-11-12(7)6-4-5-6/h6H,4-5H2,1-3H3.